The van der Waals surface area contributed by atoms with Gasteiger partial charge >= 0.3 is 10.4 Å². The summed E-state index contributed by atoms with van der Waals surface area (Å²) in [7, 11) is -4.99. The average Bonchev–Trinajstić information content (AvgIpc) is 2.57. The summed E-state index contributed by atoms with van der Waals surface area (Å²) in [4.78, 5) is 10.2. The van der Waals surface area contributed by atoms with Crippen molar-refractivity contribution in [2.24, 2.45) is 5.92 Å². The largest absolute Gasteiger partial charge is 0.418 e. The van der Waals surface area contributed by atoms with Crippen molar-refractivity contribution in [2.75, 3.05) is 12.9 Å². The van der Waals surface area contributed by atoms with Crippen molar-refractivity contribution in [1.82, 2.24) is 5.48 Å². The highest BCUT2D eigenvalue weighted by molar-refractivity contribution is 8.01. The van der Waals surface area contributed by atoms with E-state index in [4.69, 9.17) is 9.29 Å². The van der Waals surface area contributed by atoms with Crippen LogP contribution in [0.5, 0.6) is 0 Å². The first-order valence-corrected chi connectivity index (χ1v) is 10.3. The van der Waals surface area contributed by atoms with Crippen LogP contribution in [0.1, 0.15) is 6.42 Å². The number of hydrogen-bond donors (Lipinski definition) is 7. The van der Waals surface area contributed by atoms with E-state index >= 15 is 0 Å². The van der Waals surface area contributed by atoms with Crippen LogP contribution in [0.15, 0.2) is 11.5 Å². The number of carbonyl (C=O) groups is 1. The number of thioether (sulfide) groups is 1. The Morgan fingerprint density at radius 1 is 1.42 bits per heavy atom. The number of hydroxylamine groups is 1. The molecular weight excluding hydrogens is 414 g/mol. The van der Waals surface area contributed by atoms with Gasteiger partial charge < -0.3 is 25.2 Å². The number of nitrogens with one attached hydrogen (secondary N) is 1. The lowest BCUT2D eigenvalue weighted by atomic mass is 9.85. The second-order valence-electron chi connectivity index (χ2n) is 5.39. The summed E-state index contributed by atoms with van der Waals surface area (Å²) in [5, 5.41) is 40.9. The lowest BCUT2D eigenvalue weighted by molar-refractivity contribution is -0.253. The van der Waals surface area contributed by atoms with Crippen molar-refractivity contribution in [3.63, 3.8) is 0 Å². The number of amides is 1. The Labute approximate surface area is 159 Å². The Morgan fingerprint density at radius 2 is 2.04 bits per heavy atom. The van der Waals surface area contributed by atoms with Crippen LogP contribution in [-0.2, 0) is 24.2 Å². The minimum Gasteiger partial charge on any atom is -0.394 e. The summed E-state index contributed by atoms with van der Waals surface area (Å²) in [5.74, 6) is -2.59. The van der Waals surface area contributed by atoms with E-state index in [2.05, 4.69) is 16.9 Å². The van der Waals surface area contributed by atoms with Crippen molar-refractivity contribution in [3.8, 4) is 0 Å². The predicted molar refractivity (Wildman–Crippen MR) is 93.2 cm³/mol. The quantitative estimate of drug-likeness (QED) is 0.125. The fraction of sp³-hybridized carbons (Fsp3) is 0.750. The molecule has 1 rings (SSSR count). The predicted octanol–water partition coefficient (Wildman–Crippen LogP) is -2.18. The van der Waals surface area contributed by atoms with Gasteiger partial charge in [-0.1, -0.05) is 6.08 Å². The van der Waals surface area contributed by atoms with Crippen LogP contribution in [0, 0.1) is 5.92 Å². The number of aliphatic hydroxyl groups excluding tert-OH is 4. The van der Waals surface area contributed by atoms with Crippen LogP contribution >= 0.6 is 24.4 Å². The SMILES string of the molecule is CSC=CCC(C(=O)NOS(=O)(=O)O)[C@@]1(S)O[C@H](CO)[C@@H](O)[C@H](O)[C@H]1O. The maximum absolute atomic E-state index is 12.3. The number of rotatable bonds is 8. The van der Waals surface area contributed by atoms with E-state index in [-0.39, 0.29) is 6.42 Å². The molecule has 0 spiro atoms. The highest BCUT2D eigenvalue weighted by atomic mass is 32.3. The first kappa shape index (κ1) is 23.6. The number of thiol groups is 1. The van der Waals surface area contributed by atoms with Crippen molar-refractivity contribution in [3.05, 3.63) is 11.5 Å². The molecule has 152 valence electrons. The zero-order valence-electron chi connectivity index (χ0n) is 13.5. The van der Waals surface area contributed by atoms with E-state index in [0.29, 0.717) is 0 Å². The monoisotopic (exact) mass is 435 g/mol. The van der Waals surface area contributed by atoms with Crippen molar-refractivity contribution in [1.29, 1.82) is 0 Å². The normalized spacial score (nSPS) is 34.0. The molecule has 1 unspecified atom stereocenters. The molecule has 0 aliphatic carbocycles. The topological polar surface area (TPSA) is 183 Å². The van der Waals surface area contributed by atoms with Gasteiger partial charge in [-0.05, 0) is 18.1 Å². The zero-order chi connectivity index (χ0) is 20.1. The van der Waals surface area contributed by atoms with Crippen LogP contribution in [0.4, 0.5) is 0 Å². The lowest BCUT2D eigenvalue weighted by Gasteiger charge is -2.48. The second-order valence-corrected chi connectivity index (χ2v) is 7.85. The van der Waals surface area contributed by atoms with Gasteiger partial charge in [-0.2, -0.15) is 8.42 Å². The Balaban J connectivity index is 3.16. The average molecular weight is 435 g/mol. The minimum atomic E-state index is -4.99. The van der Waals surface area contributed by atoms with Crippen molar-refractivity contribution < 1.29 is 47.2 Å². The minimum absolute atomic E-state index is 0.150. The summed E-state index contributed by atoms with van der Waals surface area (Å²) >= 11 is 5.42. The van der Waals surface area contributed by atoms with Crippen LogP contribution < -0.4 is 5.48 Å². The third-order valence-corrected chi connectivity index (χ3v) is 5.11. The van der Waals surface area contributed by atoms with Crippen LogP contribution in [0.25, 0.3) is 0 Å². The van der Waals surface area contributed by atoms with Gasteiger partial charge in [-0.15, -0.1) is 28.7 Å². The third-order valence-electron chi connectivity index (χ3n) is 3.67. The maximum atomic E-state index is 12.3. The molecule has 26 heavy (non-hydrogen) atoms. The number of carbonyl (C=O) groups excluding carboxylic acids is 1. The van der Waals surface area contributed by atoms with Gasteiger partial charge in [0.25, 0.3) is 5.91 Å². The van der Waals surface area contributed by atoms with Gasteiger partial charge in [0.15, 0.2) is 4.93 Å². The Hall–Kier alpha value is -0.420. The molecule has 0 aromatic rings. The summed E-state index contributed by atoms with van der Waals surface area (Å²) in [6.07, 6.45) is -3.63. The Morgan fingerprint density at radius 3 is 2.54 bits per heavy atom. The summed E-state index contributed by atoms with van der Waals surface area (Å²) in [6, 6.07) is 0. The van der Waals surface area contributed by atoms with E-state index < -0.39 is 58.2 Å². The number of ether oxygens (including phenoxy) is 1. The summed E-state index contributed by atoms with van der Waals surface area (Å²) in [5.41, 5.74) is 1.49. The molecule has 6 N–H and O–H groups in total. The molecule has 0 aromatic carbocycles. The van der Waals surface area contributed by atoms with E-state index in [0.717, 1.165) is 0 Å². The zero-order valence-corrected chi connectivity index (χ0v) is 16.0. The molecular formula is C12H21NO10S3. The van der Waals surface area contributed by atoms with E-state index in [1.165, 1.54) is 23.3 Å². The molecule has 6 atom stereocenters. The maximum Gasteiger partial charge on any atom is 0.418 e. The first-order valence-electron chi connectivity index (χ1n) is 7.16. The van der Waals surface area contributed by atoms with Crippen molar-refractivity contribution >= 4 is 40.7 Å². The third kappa shape index (κ3) is 5.79. The van der Waals surface area contributed by atoms with Gasteiger partial charge in [0.2, 0.25) is 0 Å². The second kappa shape index (κ2) is 9.68. The van der Waals surface area contributed by atoms with E-state index in [1.54, 1.807) is 11.7 Å². The molecule has 1 aliphatic rings. The highest BCUT2D eigenvalue weighted by Crippen LogP contribution is 2.41. The van der Waals surface area contributed by atoms with E-state index in [9.17, 15) is 33.6 Å². The van der Waals surface area contributed by atoms with Crippen molar-refractivity contribution in [2.45, 2.75) is 35.8 Å². The van der Waals surface area contributed by atoms with Gasteiger partial charge in [-0.3, -0.25) is 9.35 Å². The van der Waals surface area contributed by atoms with Crippen LogP contribution in [0.3, 0.4) is 0 Å². The molecule has 1 saturated heterocycles. The summed E-state index contributed by atoms with van der Waals surface area (Å²) in [6.45, 7) is -0.746. The molecule has 0 saturated carbocycles. The van der Waals surface area contributed by atoms with Crippen LogP contribution in [0.2, 0.25) is 0 Å². The highest BCUT2D eigenvalue weighted by Gasteiger charge is 2.57. The molecule has 1 aliphatic heterocycles. The molecule has 0 radical (unpaired) electrons. The number of hydrogen-bond acceptors (Lipinski definition) is 11. The fourth-order valence-corrected chi connectivity index (χ4v) is 3.39. The molecule has 11 nitrogen and oxygen atoms in total. The van der Waals surface area contributed by atoms with E-state index in [1.807, 2.05) is 0 Å². The first-order chi connectivity index (χ1) is 12.0. The lowest BCUT2D eigenvalue weighted by Crippen LogP contribution is -2.66. The Bertz CT molecular complexity index is 612. The smallest absolute Gasteiger partial charge is 0.394 e. The molecule has 0 aromatic heterocycles. The fourth-order valence-electron chi connectivity index (χ4n) is 2.38. The number of aliphatic hydroxyl groups is 4. The van der Waals surface area contributed by atoms with Crippen LogP contribution in [-0.4, -0.2) is 81.5 Å². The van der Waals surface area contributed by atoms with Gasteiger partial charge in [-0.25, -0.2) is 5.48 Å². The van der Waals surface area contributed by atoms with Gasteiger partial charge in [0.05, 0.1) is 12.5 Å². The molecule has 1 fully saturated rings. The van der Waals surface area contributed by atoms with Gasteiger partial charge in [0.1, 0.15) is 24.4 Å². The molecule has 0 bridgehead atoms. The Kier molecular flexibility index (Phi) is 8.79. The summed E-state index contributed by atoms with van der Waals surface area (Å²) < 4.78 is 39.0. The standard InChI is InChI=1S/C12H21NO10S3/c1-25-4-2-3-6(11(18)13-23-26(19,20)21)12(24)10(17)9(16)8(15)7(5-14)22-12/h2,4,6-10,14-17,24H,3,5H2,1H3,(H,13,18)(H,19,20,21)/t6?,7-,8-,9+,10-,12+/m1/s1. The molecule has 1 heterocycles. The van der Waals surface area contributed by atoms with Gasteiger partial charge in [0, 0.05) is 0 Å². The number of allylic oxidation sites excluding steroid dienone is 1. The molecule has 14 heteroatoms. The molecule has 1 amide bonds.